The lowest BCUT2D eigenvalue weighted by atomic mass is 10.0. The monoisotopic (exact) mass is 231 g/mol. The quantitative estimate of drug-likeness (QED) is 0.743. The molecule has 1 amide bonds. The van der Waals surface area contributed by atoms with Gasteiger partial charge >= 0.3 is 6.18 Å². The Morgan fingerprint density at radius 3 is 2.14 bits per heavy atom. The van der Waals surface area contributed by atoms with Crippen LogP contribution in [0.2, 0.25) is 0 Å². The van der Waals surface area contributed by atoms with E-state index < -0.39 is 29.4 Å². The largest absolute Gasteiger partial charge is 0.397 e. The van der Waals surface area contributed by atoms with Crippen molar-refractivity contribution in [2.75, 3.05) is 0 Å². The van der Waals surface area contributed by atoms with E-state index in [-0.39, 0.29) is 0 Å². The van der Waals surface area contributed by atoms with E-state index in [0.717, 1.165) is 0 Å². The minimum atomic E-state index is -4.48. The van der Waals surface area contributed by atoms with E-state index in [4.69, 9.17) is 11.6 Å². The lowest BCUT2D eigenvalue weighted by Gasteiger charge is -2.29. The van der Waals surface area contributed by atoms with E-state index in [2.05, 4.69) is 5.32 Å². The summed E-state index contributed by atoms with van der Waals surface area (Å²) in [5, 5.41) is 1.78. The van der Waals surface area contributed by atoms with Crippen LogP contribution in [0.1, 0.15) is 27.2 Å². The Bertz CT molecular complexity index is 213. The SMILES string of the molecule is CC(Cl)C(C)(C)NC(=O)CC(F)(F)F. The first-order chi connectivity index (χ1) is 6.04. The second kappa shape index (κ2) is 4.38. The van der Waals surface area contributed by atoms with E-state index in [1.54, 1.807) is 20.8 Å². The van der Waals surface area contributed by atoms with Crippen LogP contribution in [0.3, 0.4) is 0 Å². The normalized spacial score (nSPS) is 15.1. The highest BCUT2D eigenvalue weighted by Gasteiger charge is 2.34. The fraction of sp³-hybridized carbons (Fsp3) is 0.875. The number of carbonyl (C=O) groups excluding carboxylic acids is 1. The van der Waals surface area contributed by atoms with Crippen LogP contribution in [0.5, 0.6) is 0 Å². The van der Waals surface area contributed by atoms with Crippen LogP contribution in [-0.4, -0.2) is 23.0 Å². The molecule has 0 fully saturated rings. The highest BCUT2D eigenvalue weighted by molar-refractivity contribution is 6.21. The average Bonchev–Trinajstić information content (AvgIpc) is 1.79. The molecule has 0 aliphatic rings. The molecule has 84 valence electrons. The molecule has 6 heteroatoms. The third-order valence-electron chi connectivity index (χ3n) is 1.82. The van der Waals surface area contributed by atoms with E-state index in [0.29, 0.717) is 0 Å². The molecular formula is C8H13ClF3NO. The highest BCUT2D eigenvalue weighted by Crippen LogP contribution is 2.21. The summed E-state index contributed by atoms with van der Waals surface area (Å²) in [7, 11) is 0. The van der Waals surface area contributed by atoms with Crippen molar-refractivity contribution in [3.05, 3.63) is 0 Å². The van der Waals surface area contributed by atoms with Crippen molar-refractivity contribution >= 4 is 17.5 Å². The van der Waals surface area contributed by atoms with E-state index in [9.17, 15) is 18.0 Å². The first kappa shape index (κ1) is 13.5. The molecule has 0 saturated heterocycles. The van der Waals surface area contributed by atoms with Gasteiger partial charge in [-0.2, -0.15) is 13.2 Å². The molecule has 0 saturated carbocycles. The number of alkyl halides is 4. The summed E-state index contributed by atoms with van der Waals surface area (Å²) < 4.78 is 35.4. The molecule has 0 aliphatic heterocycles. The molecule has 0 spiro atoms. The van der Waals surface area contributed by atoms with Gasteiger partial charge in [0.2, 0.25) is 5.91 Å². The summed E-state index contributed by atoms with van der Waals surface area (Å²) in [5.41, 5.74) is -0.843. The van der Waals surface area contributed by atoms with Gasteiger partial charge in [-0.3, -0.25) is 4.79 Å². The first-order valence-corrected chi connectivity index (χ1v) is 4.50. The Morgan fingerprint density at radius 1 is 1.43 bits per heavy atom. The number of hydrogen-bond donors (Lipinski definition) is 1. The third-order valence-corrected chi connectivity index (χ3v) is 2.36. The molecule has 0 aromatic carbocycles. The zero-order valence-corrected chi connectivity index (χ0v) is 8.96. The highest BCUT2D eigenvalue weighted by atomic mass is 35.5. The van der Waals surface area contributed by atoms with Gasteiger partial charge in [0.1, 0.15) is 6.42 Å². The molecule has 1 N–H and O–H groups in total. The molecule has 0 heterocycles. The predicted octanol–water partition coefficient (Wildman–Crippen LogP) is 2.46. The number of nitrogens with one attached hydrogen (secondary N) is 1. The van der Waals surface area contributed by atoms with Gasteiger partial charge < -0.3 is 5.32 Å². The maximum absolute atomic E-state index is 11.8. The van der Waals surface area contributed by atoms with Crippen molar-refractivity contribution in [3.8, 4) is 0 Å². The van der Waals surface area contributed by atoms with Crippen molar-refractivity contribution in [1.82, 2.24) is 5.32 Å². The van der Waals surface area contributed by atoms with Gasteiger partial charge in [-0.15, -0.1) is 11.6 Å². The Labute approximate surface area is 85.8 Å². The molecule has 14 heavy (non-hydrogen) atoms. The fourth-order valence-electron chi connectivity index (χ4n) is 0.685. The molecule has 0 aromatic heterocycles. The topological polar surface area (TPSA) is 29.1 Å². The first-order valence-electron chi connectivity index (χ1n) is 4.06. The Morgan fingerprint density at radius 2 is 1.86 bits per heavy atom. The standard InChI is InChI=1S/C8H13ClF3NO/c1-5(9)7(2,3)13-6(14)4-8(10,11)12/h5H,4H2,1-3H3,(H,13,14). The molecule has 1 unspecified atom stereocenters. The van der Waals surface area contributed by atoms with Crippen LogP contribution in [0.25, 0.3) is 0 Å². The molecule has 2 nitrogen and oxygen atoms in total. The number of carbonyl (C=O) groups is 1. The van der Waals surface area contributed by atoms with Gasteiger partial charge in [0, 0.05) is 0 Å². The predicted molar refractivity (Wildman–Crippen MR) is 48.2 cm³/mol. The van der Waals surface area contributed by atoms with Crippen LogP contribution in [-0.2, 0) is 4.79 Å². The number of halogens is 4. The summed E-state index contributed by atoms with van der Waals surface area (Å²) in [6, 6.07) is 0. The van der Waals surface area contributed by atoms with Crippen LogP contribution < -0.4 is 5.32 Å². The fourth-order valence-corrected chi connectivity index (χ4v) is 0.740. The van der Waals surface area contributed by atoms with E-state index >= 15 is 0 Å². The van der Waals surface area contributed by atoms with Gasteiger partial charge in [-0.05, 0) is 20.8 Å². The summed E-state index contributed by atoms with van der Waals surface area (Å²) in [6.45, 7) is 4.74. The minimum absolute atomic E-state index is 0.445. The number of hydrogen-bond acceptors (Lipinski definition) is 1. The lowest BCUT2D eigenvalue weighted by Crippen LogP contribution is -2.49. The molecular weight excluding hydrogens is 219 g/mol. The smallest absolute Gasteiger partial charge is 0.349 e. The third kappa shape index (κ3) is 5.32. The second-order valence-electron chi connectivity index (χ2n) is 3.68. The zero-order chi connectivity index (χ0) is 11.6. The maximum atomic E-state index is 11.8. The molecule has 0 aliphatic carbocycles. The zero-order valence-electron chi connectivity index (χ0n) is 8.20. The van der Waals surface area contributed by atoms with Crippen LogP contribution in [0, 0.1) is 0 Å². The molecule has 0 rings (SSSR count). The van der Waals surface area contributed by atoms with Crippen molar-refractivity contribution < 1.29 is 18.0 Å². The van der Waals surface area contributed by atoms with Crippen molar-refractivity contribution in [2.45, 2.75) is 44.3 Å². The summed E-state index contributed by atoms with van der Waals surface area (Å²) in [5.74, 6) is -1.06. The summed E-state index contributed by atoms with van der Waals surface area (Å²) in [6.07, 6.45) is -5.95. The molecule has 0 aromatic rings. The maximum Gasteiger partial charge on any atom is 0.397 e. The number of amides is 1. The number of rotatable bonds is 3. The molecule has 0 radical (unpaired) electrons. The second-order valence-corrected chi connectivity index (χ2v) is 4.33. The van der Waals surface area contributed by atoms with Crippen LogP contribution >= 0.6 is 11.6 Å². The van der Waals surface area contributed by atoms with Crippen molar-refractivity contribution in [3.63, 3.8) is 0 Å². The van der Waals surface area contributed by atoms with Gasteiger partial charge in [-0.25, -0.2) is 0 Å². The molecule has 1 atom stereocenters. The van der Waals surface area contributed by atoms with Crippen molar-refractivity contribution in [2.24, 2.45) is 0 Å². The van der Waals surface area contributed by atoms with Crippen LogP contribution in [0.4, 0.5) is 13.2 Å². The Balaban J connectivity index is 4.20. The summed E-state index contributed by atoms with van der Waals surface area (Å²) in [4.78, 5) is 10.9. The van der Waals surface area contributed by atoms with Crippen molar-refractivity contribution in [1.29, 1.82) is 0 Å². The Hall–Kier alpha value is -0.450. The lowest BCUT2D eigenvalue weighted by molar-refractivity contribution is -0.154. The van der Waals surface area contributed by atoms with Gasteiger partial charge in [-0.1, -0.05) is 0 Å². The van der Waals surface area contributed by atoms with Gasteiger partial charge in [0.15, 0.2) is 0 Å². The van der Waals surface area contributed by atoms with Gasteiger partial charge in [0.25, 0.3) is 0 Å². The summed E-state index contributed by atoms with van der Waals surface area (Å²) >= 11 is 5.69. The van der Waals surface area contributed by atoms with Crippen LogP contribution in [0.15, 0.2) is 0 Å². The van der Waals surface area contributed by atoms with E-state index in [1.165, 1.54) is 0 Å². The average molecular weight is 232 g/mol. The van der Waals surface area contributed by atoms with Gasteiger partial charge in [0.05, 0.1) is 10.9 Å². The molecule has 0 bridgehead atoms. The minimum Gasteiger partial charge on any atom is -0.349 e. The van der Waals surface area contributed by atoms with E-state index in [1.807, 2.05) is 0 Å². The Kier molecular flexibility index (Phi) is 4.24.